The topological polar surface area (TPSA) is 26.9 Å². The van der Waals surface area contributed by atoms with Gasteiger partial charge in [0, 0.05) is 5.56 Å². The number of hydrogen-bond donors (Lipinski definition) is 1. The van der Waals surface area contributed by atoms with Crippen LogP contribution >= 0.6 is 0 Å². The maximum Gasteiger partial charge on any atom is 0.276 e. The summed E-state index contributed by atoms with van der Waals surface area (Å²) in [7, 11) is 1.87. The van der Waals surface area contributed by atoms with Gasteiger partial charge in [0.25, 0.3) is 6.34 Å². The van der Waals surface area contributed by atoms with Crippen LogP contribution in [0.1, 0.15) is 22.3 Å². The van der Waals surface area contributed by atoms with E-state index in [0.29, 0.717) is 0 Å². The van der Waals surface area contributed by atoms with Gasteiger partial charge in [-0.15, -0.1) is 5.41 Å². The fourth-order valence-electron chi connectivity index (χ4n) is 1.46. The van der Waals surface area contributed by atoms with Gasteiger partial charge in [-0.1, -0.05) is 11.6 Å². The molecule has 0 fully saturated rings. The fraction of sp³-hybridized carbons (Fsp3) is 0.333. The molecule has 0 aliphatic rings. The van der Waals surface area contributed by atoms with Crippen LogP contribution in [0.4, 0.5) is 0 Å². The van der Waals surface area contributed by atoms with Gasteiger partial charge in [-0.05, 0) is 38.0 Å². The predicted molar refractivity (Wildman–Crippen MR) is 60.8 cm³/mol. The van der Waals surface area contributed by atoms with E-state index in [2.05, 4.69) is 32.9 Å². The first-order valence-corrected chi connectivity index (χ1v) is 4.70. The molecule has 0 aliphatic carbocycles. The van der Waals surface area contributed by atoms with Gasteiger partial charge >= 0.3 is 0 Å². The number of hydrogen-bond acceptors (Lipinski definition) is 1. The lowest BCUT2D eigenvalue weighted by Gasteiger charge is -2.05. The number of benzene rings is 1. The maximum atomic E-state index is 7.11. The van der Waals surface area contributed by atoms with E-state index in [0.717, 1.165) is 0 Å². The molecule has 0 saturated carbocycles. The zero-order valence-corrected chi connectivity index (χ0v) is 9.26. The number of nitrogens with zero attached hydrogens (tertiary/aromatic N) is 1. The van der Waals surface area contributed by atoms with E-state index in [1.54, 1.807) is 4.58 Å². The van der Waals surface area contributed by atoms with Gasteiger partial charge in [0.1, 0.15) is 0 Å². The average Bonchev–Trinajstić information content (AvgIpc) is 2.13. The molecule has 14 heavy (non-hydrogen) atoms. The molecular weight excluding hydrogens is 172 g/mol. The third-order valence-electron chi connectivity index (χ3n) is 2.40. The maximum absolute atomic E-state index is 7.11. The Kier molecular flexibility index (Phi) is 3.18. The van der Waals surface area contributed by atoms with E-state index in [1.165, 1.54) is 28.6 Å². The highest BCUT2D eigenvalue weighted by molar-refractivity contribution is 5.80. The van der Waals surface area contributed by atoms with Crippen molar-refractivity contribution in [1.82, 2.24) is 0 Å². The van der Waals surface area contributed by atoms with Gasteiger partial charge < -0.3 is 0 Å². The van der Waals surface area contributed by atoms with E-state index in [-0.39, 0.29) is 0 Å². The highest BCUT2D eigenvalue weighted by atomic mass is 15.0. The van der Waals surface area contributed by atoms with Crippen molar-refractivity contribution in [3.63, 3.8) is 0 Å². The standard InChI is InChI=1S/C12H17N2/c1-9-5-10(2)11(3)12(6-9)7-14(4)8-13/h5-8,13H,1-4H3/q+1/b13-8?,14-7+. The summed E-state index contributed by atoms with van der Waals surface area (Å²) in [6.45, 7) is 6.32. The summed E-state index contributed by atoms with van der Waals surface area (Å²) in [5.74, 6) is 0. The summed E-state index contributed by atoms with van der Waals surface area (Å²) >= 11 is 0. The Morgan fingerprint density at radius 2 is 1.86 bits per heavy atom. The molecule has 0 radical (unpaired) electrons. The van der Waals surface area contributed by atoms with Crippen LogP contribution in [-0.4, -0.2) is 24.2 Å². The van der Waals surface area contributed by atoms with Crippen molar-refractivity contribution in [1.29, 1.82) is 5.41 Å². The Bertz CT molecular complexity index is 390. The fourth-order valence-corrected chi connectivity index (χ4v) is 1.46. The molecule has 0 heterocycles. The molecule has 74 valence electrons. The van der Waals surface area contributed by atoms with E-state index in [9.17, 15) is 0 Å². The minimum absolute atomic E-state index is 1.19. The van der Waals surface area contributed by atoms with Crippen LogP contribution in [0, 0.1) is 26.2 Å². The molecule has 2 heteroatoms. The number of nitrogens with one attached hydrogen (secondary N) is 1. The molecule has 2 nitrogen and oxygen atoms in total. The molecule has 0 bridgehead atoms. The van der Waals surface area contributed by atoms with Crippen molar-refractivity contribution < 1.29 is 4.58 Å². The van der Waals surface area contributed by atoms with Crippen molar-refractivity contribution >= 4 is 12.6 Å². The molecule has 1 N–H and O–H groups in total. The summed E-state index contributed by atoms with van der Waals surface area (Å²) in [6, 6.07) is 4.32. The van der Waals surface area contributed by atoms with Crippen LogP contribution in [0.15, 0.2) is 12.1 Å². The average molecular weight is 189 g/mol. The highest BCUT2D eigenvalue weighted by Crippen LogP contribution is 2.13. The lowest BCUT2D eigenvalue weighted by molar-refractivity contribution is -0.355. The second-order valence-electron chi connectivity index (χ2n) is 3.72. The Morgan fingerprint density at radius 1 is 1.21 bits per heavy atom. The zero-order chi connectivity index (χ0) is 10.7. The van der Waals surface area contributed by atoms with Crippen LogP contribution in [0.25, 0.3) is 0 Å². The van der Waals surface area contributed by atoms with Crippen molar-refractivity contribution in [3.05, 3.63) is 34.4 Å². The largest absolute Gasteiger partial charge is 0.276 e. The van der Waals surface area contributed by atoms with E-state index < -0.39 is 0 Å². The molecule has 0 unspecified atom stereocenters. The van der Waals surface area contributed by atoms with Gasteiger partial charge in [-0.2, -0.15) is 0 Å². The predicted octanol–water partition coefficient (Wildman–Crippen LogP) is 2.28. The van der Waals surface area contributed by atoms with Gasteiger partial charge in [-0.25, -0.2) is 4.58 Å². The molecule has 1 aromatic rings. The second kappa shape index (κ2) is 4.18. The van der Waals surface area contributed by atoms with E-state index in [1.807, 2.05) is 13.3 Å². The van der Waals surface area contributed by atoms with Crippen molar-refractivity contribution in [2.24, 2.45) is 0 Å². The summed E-state index contributed by atoms with van der Waals surface area (Å²) < 4.78 is 1.75. The molecule has 0 spiro atoms. The summed E-state index contributed by atoms with van der Waals surface area (Å²) in [5, 5.41) is 7.11. The lowest BCUT2D eigenvalue weighted by Crippen LogP contribution is -2.06. The Hall–Kier alpha value is -1.44. The first kappa shape index (κ1) is 10.6. The van der Waals surface area contributed by atoms with Gasteiger partial charge in [0.05, 0.1) is 13.3 Å². The molecule has 0 saturated heterocycles. The first-order chi connectivity index (χ1) is 6.54. The molecule has 1 aromatic carbocycles. The summed E-state index contributed by atoms with van der Waals surface area (Å²) in [6.07, 6.45) is 3.28. The highest BCUT2D eigenvalue weighted by Gasteiger charge is 2.01. The Morgan fingerprint density at radius 3 is 2.43 bits per heavy atom. The molecule has 1 rings (SSSR count). The third kappa shape index (κ3) is 2.28. The Labute approximate surface area is 85.4 Å². The normalized spacial score (nSPS) is 11.6. The van der Waals surface area contributed by atoms with Crippen molar-refractivity contribution in [2.75, 3.05) is 7.05 Å². The molecular formula is C12H17N2+. The Balaban J connectivity index is 3.27. The van der Waals surface area contributed by atoms with Crippen LogP contribution in [-0.2, 0) is 0 Å². The summed E-state index contributed by atoms with van der Waals surface area (Å²) in [5.41, 5.74) is 5.03. The van der Waals surface area contributed by atoms with Gasteiger partial charge in [0.15, 0.2) is 0 Å². The van der Waals surface area contributed by atoms with Crippen LogP contribution < -0.4 is 0 Å². The minimum Gasteiger partial charge on any atom is -0.240 e. The van der Waals surface area contributed by atoms with Crippen LogP contribution in [0.2, 0.25) is 0 Å². The minimum atomic E-state index is 1.19. The summed E-state index contributed by atoms with van der Waals surface area (Å²) in [4.78, 5) is 0. The molecule has 0 atom stereocenters. The van der Waals surface area contributed by atoms with Crippen LogP contribution in [0.3, 0.4) is 0 Å². The quantitative estimate of drug-likeness (QED) is 0.420. The molecule has 0 amide bonds. The van der Waals surface area contributed by atoms with E-state index >= 15 is 0 Å². The third-order valence-corrected chi connectivity index (χ3v) is 2.40. The smallest absolute Gasteiger partial charge is 0.240 e. The SMILES string of the molecule is Cc1cc(C)c(C)c(/C=[N+](\C)C=N)c1. The van der Waals surface area contributed by atoms with Gasteiger partial charge in [-0.3, -0.25) is 0 Å². The molecule has 0 aliphatic heterocycles. The van der Waals surface area contributed by atoms with Crippen LogP contribution in [0.5, 0.6) is 0 Å². The number of aryl methyl sites for hydroxylation is 2. The van der Waals surface area contributed by atoms with Crippen molar-refractivity contribution in [3.8, 4) is 0 Å². The zero-order valence-electron chi connectivity index (χ0n) is 9.26. The number of rotatable bonds is 2. The lowest BCUT2D eigenvalue weighted by atomic mass is 10.0. The second-order valence-corrected chi connectivity index (χ2v) is 3.72. The monoisotopic (exact) mass is 189 g/mol. The van der Waals surface area contributed by atoms with Crippen molar-refractivity contribution in [2.45, 2.75) is 20.8 Å². The first-order valence-electron chi connectivity index (χ1n) is 4.70. The van der Waals surface area contributed by atoms with Gasteiger partial charge in [0.2, 0.25) is 0 Å². The molecule has 0 aromatic heterocycles. The van der Waals surface area contributed by atoms with E-state index in [4.69, 9.17) is 5.41 Å².